The summed E-state index contributed by atoms with van der Waals surface area (Å²) in [6.07, 6.45) is 0. The monoisotopic (exact) mass is 209 g/mol. The molecule has 0 saturated heterocycles. The molecule has 0 atom stereocenters. The first-order valence-corrected chi connectivity index (χ1v) is 6.23. The second-order valence-electron chi connectivity index (χ2n) is 3.93. The summed E-state index contributed by atoms with van der Waals surface area (Å²) in [4.78, 5) is 0. The fraction of sp³-hybridized carbons (Fsp3) is 0.500. The first-order valence-electron chi connectivity index (χ1n) is 5.08. The van der Waals surface area contributed by atoms with E-state index in [2.05, 4.69) is 38.1 Å². The van der Waals surface area contributed by atoms with Gasteiger partial charge in [-0.3, -0.25) is 0 Å². The minimum absolute atomic E-state index is 0.638. The lowest BCUT2D eigenvalue weighted by Gasteiger charge is -2.05. The van der Waals surface area contributed by atoms with Crippen LogP contribution in [0.2, 0.25) is 0 Å². The molecule has 0 unspecified atom stereocenters. The largest absolute Gasteiger partial charge is 0.326 e. The molecule has 0 fully saturated rings. The van der Waals surface area contributed by atoms with Crippen LogP contribution in [-0.2, 0) is 12.3 Å². The first-order chi connectivity index (χ1) is 6.72. The van der Waals surface area contributed by atoms with Crippen LogP contribution >= 0.6 is 11.8 Å². The lowest BCUT2D eigenvalue weighted by atomic mass is 10.1. The first kappa shape index (κ1) is 11.6. The maximum atomic E-state index is 5.53. The Morgan fingerprint density at radius 2 is 1.71 bits per heavy atom. The minimum atomic E-state index is 0.638. The predicted octanol–water partition coefficient (Wildman–Crippen LogP) is 3.03. The molecular weight excluding hydrogens is 190 g/mol. The number of hydrogen-bond acceptors (Lipinski definition) is 2. The van der Waals surface area contributed by atoms with Crippen molar-refractivity contribution in [2.24, 2.45) is 11.7 Å². The Morgan fingerprint density at radius 1 is 1.14 bits per heavy atom. The van der Waals surface area contributed by atoms with Crippen molar-refractivity contribution in [2.75, 3.05) is 5.75 Å². The lowest BCUT2D eigenvalue weighted by molar-refractivity contribution is 0.750. The van der Waals surface area contributed by atoms with Gasteiger partial charge in [-0.25, -0.2) is 0 Å². The van der Waals surface area contributed by atoms with Gasteiger partial charge in [-0.2, -0.15) is 11.8 Å². The van der Waals surface area contributed by atoms with Crippen LogP contribution in [0.4, 0.5) is 0 Å². The van der Waals surface area contributed by atoms with E-state index in [9.17, 15) is 0 Å². The molecule has 1 nitrogen and oxygen atoms in total. The zero-order chi connectivity index (χ0) is 10.4. The Hall–Kier alpha value is -0.470. The highest BCUT2D eigenvalue weighted by molar-refractivity contribution is 7.98. The third-order valence-corrected chi connectivity index (χ3v) is 3.42. The highest BCUT2D eigenvalue weighted by atomic mass is 32.2. The van der Waals surface area contributed by atoms with Gasteiger partial charge >= 0.3 is 0 Å². The van der Waals surface area contributed by atoms with Crippen molar-refractivity contribution in [1.82, 2.24) is 0 Å². The SMILES string of the molecule is CC(C)CSCc1ccc(CN)cc1. The van der Waals surface area contributed by atoms with Crippen LogP contribution in [0.15, 0.2) is 24.3 Å². The van der Waals surface area contributed by atoms with Gasteiger partial charge in [0.2, 0.25) is 0 Å². The Labute approximate surface area is 91.1 Å². The molecule has 1 rings (SSSR count). The minimum Gasteiger partial charge on any atom is -0.326 e. The molecule has 0 saturated carbocycles. The average Bonchev–Trinajstić information content (AvgIpc) is 2.18. The van der Waals surface area contributed by atoms with Gasteiger partial charge in [0, 0.05) is 12.3 Å². The van der Waals surface area contributed by atoms with Crippen molar-refractivity contribution in [3.05, 3.63) is 35.4 Å². The van der Waals surface area contributed by atoms with Gasteiger partial charge in [0.1, 0.15) is 0 Å². The van der Waals surface area contributed by atoms with Gasteiger partial charge in [-0.05, 0) is 22.8 Å². The molecule has 0 bridgehead atoms. The van der Waals surface area contributed by atoms with Crippen molar-refractivity contribution < 1.29 is 0 Å². The fourth-order valence-corrected chi connectivity index (χ4v) is 2.20. The van der Waals surface area contributed by atoms with Crippen molar-refractivity contribution in [3.63, 3.8) is 0 Å². The van der Waals surface area contributed by atoms with Gasteiger partial charge in [-0.15, -0.1) is 0 Å². The van der Waals surface area contributed by atoms with Crippen LogP contribution in [0, 0.1) is 5.92 Å². The summed E-state index contributed by atoms with van der Waals surface area (Å²) in [5.41, 5.74) is 8.14. The van der Waals surface area contributed by atoms with E-state index >= 15 is 0 Å². The fourth-order valence-electron chi connectivity index (χ4n) is 1.18. The Bertz CT molecular complexity index is 254. The van der Waals surface area contributed by atoms with Crippen LogP contribution in [0.25, 0.3) is 0 Å². The molecule has 0 amide bonds. The lowest BCUT2D eigenvalue weighted by Crippen LogP contribution is -1.96. The standard InChI is InChI=1S/C12H19NS/c1-10(2)8-14-9-12-5-3-11(7-13)4-6-12/h3-6,10H,7-9,13H2,1-2H3. The molecule has 0 spiro atoms. The second-order valence-corrected chi connectivity index (χ2v) is 4.96. The molecule has 2 heteroatoms. The summed E-state index contributed by atoms with van der Waals surface area (Å²) in [6, 6.07) is 8.58. The van der Waals surface area contributed by atoms with E-state index in [0.717, 1.165) is 11.7 Å². The van der Waals surface area contributed by atoms with Crippen LogP contribution in [0.1, 0.15) is 25.0 Å². The molecule has 0 heterocycles. The molecule has 2 N–H and O–H groups in total. The van der Waals surface area contributed by atoms with E-state index in [4.69, 9.17) is 5.73 Å². The number of nitrogens with two attached hydrogens (primary N) is 1. The number of thioether (sulfide) groups is 1. The Morgan fingerprint density at radius 3 is 2.21 bits per heavy atom. The summed E-state index contributed by atoms with van der Waals surface area (Å²) < 4.78 is 0. The molecule has 0 radical (unpaired) electrons. The quantitative estimate of drug-likeness (QED) is 0.806. The van der Waals surface area contributed by atoms with Gasteiger partial charge in [0.05, 0.1) is 0 Å². The van der Waals surface area contributed by atoms with E-state index in [0.29, 0.717) is 6.54 Å². The van der Waals surface area contributed by atoms with Gasteiger partial charge in [0.15, 0.2) is 0 Å². The summed E-state index contributed by atoms with van der Waals surface area (Å²) >= 11 is 2.00. The van der Waals surface area contributed by atoms with Crippen LogP contribution in [-0.4, -0.2) is 5.75 Å². The van der Waals surface area contributed by atoms with Crippen LogP contribution in [0.3, 0.4) is 0 Å². The van der Waals surface area contributed by atoms with Crippen LogP contribution in [0.5, 0.6) is 0 Å². The molecule has 1 aromatic rings. The molecule has 14 heavy (non-hydrogen) atoms. The summed E-state index contributed by atoms with van der Waals surface area (Å²) in [6.45, 7) is 5.15. The highest BCUT2D eigenvalue weighted by Crippen LogP contribution is 2.15. The summed E-state index contributed by atoms with van der Waals surface area (Å²) in [5.74, 6) is 3.13. The molecular formula is C12H19NS. The highest BCUT2D eigenvalue weighted by Gasteiger charge is 1.96. The Balaban J connectivity index is 2.36. The zero-order valence-electron chi connectivity index (χ0n) is 8.99. The van der Waals surface area contributed by atoms with Crippen molar-refractivity contribution in [1.29, 1.82) is 0 Å². The molecule has 1 aromatic carbocycles. The molecule has 0 aliphatic rings. The maximum absolute atomic E-state index is 5.53. The normalized spacial score (nSPS) is 10.9. The summed E-state index contributed by atoms with van der Waals surface area (Å²) in [5, 5.41) is 0. The number of hydrogen-bond donors (Lipinski definition) is 1. The van der Waals surface area contributed by atoms with Gasteiger partial charge in [0.25, 0.3) is 0 Å². The van der Waals surface area contributed by atoms with Crippen molar-refractivity contribution >= 4 is 11.8 Å². The van der Waals surface area contributed by atoms with E-state index in [1.165, 1.54) is 16.9 Å². The topological polar surface area (TPSA) is 26.0 Å². The second kappa shape index (κ2) is 6.10. The average molecular weight is 209 g/mol. The van der Waals surface area contributed by atoms with Crippen LogP contribution < -0.4 is 5.73 Å². The smallest absolute Gasteiger partial charge is 0.0184 e. The molecule has 78 valence electrons. The summed E-state index contributed by atoms with van der Waals surface area (Å²) in [7, 11) is 0. The molecule has 0 aromatic heterocycles. The molecule has 0 aliphatic carbocycles. The maximum Gasteiger partial charge on any atom is 0.0184 e. The van der Waals surface area contributed by atoms with E-state index in [-0.39, 0.29) is 0 Å². The zero-order valence-corrected chi connectivity index (χ0v) is 9.81. The number of rotatable bonds is 5. The number of benzene rings is 1. The third kappa shape index (κ3) is 4.16. The predicted molar refractivity (Wildman–Crippen MR) is 65.3 cm³/mol. The van der Waals surface area contributed by atoms with E-state index in [1.54, 1.807) is 0 Å². The van der Waals surface area contributed by atoms with E-state index < -0.39 is 0 Å². The Kier molecular flexibility index (Phi) is 5.05. The van der Waals surface area contributed by atoms with Gasteiger partial charge < -0.3 is 5.73 Å². The van der Waals surface area contributed by atoms with Gasteiger partial charge in [-0.1, -0.05) is 38.1 Å². The third-order valence-electron chi connectivity index (χ3n) is 1.98. The van der Waals surface area contributed by atoms with E-state index in [1.807, 2.05) is 11.8 Å². The molecule has 0 aliphatic heterocycles. The van der Waals surface area contributed by atoms with Crippen molar-refractivity contribution in [2.45, 2.75) is 26.1 Å². The van der Waals surface area contributed by atoms with Crippen molar-refractivity contribution in [3.8, 4) is 0 Å².